The van der Waals surface area contributed by atoms with Crippen LogP contribution in [-0.4, -0.2) is 12.3 Å². The highest BCUT2D eigenvalue weighted by atomic mass is 32.0. The topological polar surface area (TPSA) is 0 Å². The molecule has 0 heterocycles. The number of unbranched alkanes of at least 4 members (excludes halogenated alkanes) is 6. The Bertz CT molecular complexity index is 82.3. The van der Waals surface area contributed by atoms with E-state index in [-0.39, 0.29) is 0 Å². The maximum Gasteiger partial charge on any atom is 0.0569 e. The standard InChI is InChI=1S/C12H28P2/c1-3-5-7-9-11-13-14-12-10-8-6-4-2/h13-14H,3-12H2,1-2H3/p+1. The van der Waals surface area contributed by atoms with Gasteiger partial charge in [0.2, 0.25) is 0 Å². The SMILES string of the molecule is CCCCCCP[PH2+]CCCCCC. The largest absolute Gasteiger partial charge is 0.0654 e. The van der Waals surface area contributed by atoms with E-state index >= 15 is 0 Å². The summed E-state index contributed by atoms with van der Waals surface area (Å²) in [5.41, 5.74) is 0. The van der Waals surface area contributed by atoms with Crippen LogP contribution in [0.3, 0.4) is 0 Å². The maximum atomic E-state index is 2.29. The fraction of sp³-hybridized carbons (Fsp3) is 1.00. The van der Waals surface area contributed by atoms with Crippen LogP contribution < -0.4 is 0 Å². The molecule has 0 saturated heterocycles. The van der Waals surface area contributed by atoms with E-state index in [0.29, 0.717) is 0 Å². The summed E-state index contributed by atoms with van der Waals surface area (Å²) in [7, 11) is 2.17. The minimum atomic E-state index is 0.830. The van der Waals surface area contributed by atoms with Crippen molar-refractivity contribution in [2.45, 2.75) is 65.2 Å². The van der Waals surface area contributed by atoms with Gasteiger partial charge in [-0.25, -0.2) is 0 Å². The van der Waals surface area contributed by atoms with Gasteiger partial charge in [-0.2, -0.15) is 0 Å². The van der Waals surface area contributed by atoms with E-state index in [0.717, 1.165) is 8.27 Å². The number of rotatable bonds is 11. The second-order valence-electron chi connectivity index (χ2n) is 4.07. The van der Waals surface area contributed by atoms with Gasteiger partial charge in [0, 0.05) is 16.5 Å². The van der Waals surface area contributed by atoms with E-state index in [2.05, 4.69) is 13.8 Å². The molecule has 0 nitrogen and oxygen atoms in total. The number of hydrogen-bond donors (Lipinski definition) is 0. The van der Waals surface area contributed by atoms with Gasteiger partial charge in [-0.3, -0.25) is 0 Å². The normalized spacial score (nSPS) is 12.4. The fourth-order valence-electron chi connectivity index (χ4n) is 1.53. The Labute approximate surface area is 94.5 Å². The van der Waals surface area contributed by atoms with Crippen LogP contribution in [0.15, 0.2) is 0 Å². The van der Waals surface area contributed by atoms with Crippen LogP contribution in [0.4, 0.5) is 0 Å². The molecule has 0 spiro atoms. The Balaban J connectivity index is 2.78. The Hall–Kier alpha value is 0.860. The van der Waals surface area contributed by atoms with Crippen LogP contribution >= 0.6 is 16.5 Å². The molecule has 0 aliphatic carbocycles. The quantitative estimate of drug-likeness (QED) is 0.343. The third-order valence-electron chi connectivity index (χ3n) is 2.52. The average Bonchev–Trinajstić information content (AvgIpc) is 2.21. The number of hydrogen-bond acceptors (Lipinski definition) is 0. The molecule has 0 radical (unpaired) electrons. The van der Waals surface area contributed by atoms with Gasteiger partial charge in [-0.05, 0) is 25.4 Å². The molecule has 0 aliphatic rings. The summed E-state index contributed by atoms with van der Waals surface area (Å²) in [6, 6.07) is 0. The predicted octanol–water partition coefficient (Wildman–Crippen LogP) is 5.15. The summed E-state index contributed by atoms with van der Waals surface area (Å²) in [6.07, 6.45) is 14.8. The molecule has 0 aromatic carbocycles. The maximum absolute atomic E-state index is 2.29. The van der Waals surface area contributed by atoms with Crippen LogP contribution in [0.25, 0.3) is 0 Å². The van der Waals surface area contributed by atoms with Gasteiger partial charge in [-0.1, -0.05) is 46.0 Å². The molecule has 0 aliphatic heterocycles. The predicted molar refractivity (Wildman–Crippen MR) is 76.0 cm³/mol. The summed E-state index contributed by atoms with van der Waals surface area (Å²) >= 11 is 0. The molecule has 2 atom stereocenters. The van der Waals surface area contributed by atoms with Crippen LogP contribution in [0.5, 0.6) is 0 Å². The van der Waals surface area contributed by atoms with E-state index < -0.39 is 0 Å². The van der Waals surface area contributed by atoms with Crippen molar-refractivity contribution < 1.29 is 0 Å². The highest BCUT2D eigenvalue weighted by molar-refractivity contribution is 8.11. The molecule has 0 rings (SSSR count). The summed E-state index contributed by atoms with van der Waals surface area (Å²) in [6.45, 7) is 4.59. The van der Waals surface area contributed by atoms with E-state index in [1.807, 2.05) is 0 Å². The van der Waals surface area contributed by atoms with Gasteiger partial charge in [0.05, 0.1) is 6.16 Å². The zero-order chi connectivity index (χ0) is 10.5. The van der Waals surface area contributed by atoms with Crippen LogP contribution in [0.1, 0.15) is 65.2 Å². The first kappa shape index (κ1) is 14.9. The molecule has 14 heavy (non-hydrogen) atoms. The van der Waals surface area contributed by atoms with Crippen LogP contribution in [0, 0.1) is 0 Å². The fourth-order valence-corrected chi connectivity index (χ4v) is 5.34. The molecule has 0 aromatic heterocycles. The summed E-state index contributed by atoms with van der Waals surface area (Å²) < 4.78 is 0. The molecule has 2 heteroatoms. The minimum absolute atomic E-state index is 0.830. The van der Waals surface area contributed by atoms with Crippen molar-refractivity contribution in [2.24, 2.45) is 0 Å². The van der Waals surface area contributed by atoms with Crippen molar-refractivity contribution >= 4 is 16.5 Å². The Morgan fingerprint density at radius 2 is 1.43 bits per heavy atom. The smallest absolute Gasteiger partial charge is 0.0569 e. The van der Waals surface area contributed by atoms with Gasteiger partial charge in [0.25, 0.3) is 0 Å². The Morgan fingerprint density at radius 3 is 2.07 bits per heavy atom. The van der Waals surface area contributed by atoms with Gasteiger partial charge >= 0.3 is 0 Å². The highest BCUT2D eigenvalue weighted by Gasteiger charge is 1.96. The zero-order valence-electron chi connectivity index (χ0n) is 10.1. The molecule has 0 N–H and O–H groups in total. The van der Waals surface area contributed by atoms with Crippen LogP contribution in [-0.2, 0) is 0 Å². The molecule has 0 fully saturated rings. The molecule has 86 valence electrons. The zero-order valence-corrected chi connectivity index (χ0v) is 12.3. The molecule has 0 bridgehead atoms. The van der Waals surface area contributed by atoms with Crippen LogP contribution in [0.2, 0.25) is 0 Å². The average molecular weight is 235 g/mol. The van der Waals surface area contributed by atoms with Crippen molar-refractivity contribution in [1.82, 2.24) is 0 Å². The third-order valence-corrected chi connectivity index (χ3v) is 6.75. The lowest BCUT2D eigenvalue weighted by Gasteiger charge is -1.97. The van der Waals surface area contributed by atoms with Gasteiger partial charge in [0.15, 0.2) is 0 Å². The van der Waals surface area contributed by atoms with Gasteiger partial charge in [-0.15, -0.1) is 0 Å². The summed E-state index contributed by atoms with van der Waals surface area (Å²) in [5.74, 6) is 0. The van der Waals surface area contributed by atoms with Crippen molar-refractivity contribution in [2.75, 3.05) is 12.3 Å². The minimum Gasteiger partial charge on any atom is -0.0654 e. The van der Waals surface area contributed by atoms with Crippen molar-refractivity contribution in [3.8, 4) is 0 Å². The Kier molecular flexibility index (Phi) is 14.7. The summed E-state index contributed by atoms with van der Waals surface area (Å²) in [4.78, 5) is 0. The lowest BCUT2D eigenvalue weighted by molar-refractivity contribution is 0.705. The van der Waals surface area contributed by atoms with Gasteiger partial charge in [0.1, 0.15) is 0 Å². The first-order valence-electron chi connectivity index (χ1n) is 6.46. The van der Waals surface area contributed by atoms with Gasteiger partial charge < -0.3 is 0 Å². The second kappa shape index (κ2) is 13.9. The third kappa shape index (κ3) is 12.9. The van der Waals surface area contributed by atoms with Crippen molar-refractivity contribution in [1.29, 1.82) is 0 Å². The lowest BCUT2D eigenvalue weighted by atomic mass is 10.2. The monoisotopic (exact) mass is 235 g/mol. The van der Waals surface area contributed by atoms with E-state index in [1.165, 1.54) is 59.6 Å². The summed E-state index contributed by atoms with van der Waals surface area (Å²) in [5, 5.41) is 0. The van der Waals surface area contributed by atoms with E-state index in [4.69, 9.17) is 0 Å². The van der Waals surface area contributed by atoms with Crippen molar-refractivity contribution in [3.05, 3.63) is 0 Å². The second-order valence-corrected chi connectivity index (χ2v) is 8.41. The highest BCUT2D eigenvalue weighted by Crippen LogP contribution is 2.38. The lowest BCUT2D eigenvalue weighted by Crippen LogP contribution is -1.78. The van der Waals surface area contributed by atoms with Crippen molar-refractivity contribution in [3.63, 3.8) is 0 Å². The first-order chi connectivity index (χ1) is 6.91. The molecule has 0 aromatic rings. The molecular weight excluding hydrogens is 206 g/mol. The van der Waals surface area contributed by atoms with E-state index in [9.17, 15) is 0 Å². The first-order valence-corrected chi connectivity index (χ1v) is 10.3. The molecule has 0 amide bonds. The molecular formula is C12H29P2+. The Morgan fingerprint density at radius 1 is 0.786 bits per heavy atom. The molecule has 2 unspecified atom stereocenters. The molecule has 0 saturated carbocycles. The van der Waals surface area contributed by atoms with E-state index in [1.54, 1.807) is 12.3 Å².